The average Bonchev–Trinajstić information content (AvgIpc) is 2.65. The number of carbonyl (C=O) groups is 2. The van der Waals surface area contributed by atoms with Crippen LogP contribution in [0.5, 0.6) is 5.75 Å². The lowest BCUT2D eigenvalue weighted by Crippen LogP contribution is -2.36. The monoisotopic (exact) mass is 356 g/mol. The maximum absolute atomic E-state index is 12.7. The number of hydrogen-bond donors (Lipinski definition) is 0. The number of pyridine rings is 1. The van der Waals surface area contributed by atoms with Crippen molar-refractivity contribution in [3.63, 3.8) is 0 Å². The van der Waals surface area contributed by atoms with Gasteiger partial charge in [-0.2, -0.15) is 0 Å². The fourth-order valence-corrected chi connectivity index (χ4v) is 2.56. The molecule has 0 atom stereocenters. The van der Waals surface area contributed by atoms with Crippen molar-refractivity contribution >= 4 is 11.9 Å². The van der Waals surface area contributed by atoms with Crippen molar-refractivity contribution in [3.05, 3.63) is 59.4 Å². The third kappa shape index (κ3) is 5.58. The molecule has 0 spiro atoms. The van der Waals surface area contributed by atoms with Gasteiger partial charge in [-0.3, -0.25) is 14.6 Å². The first kappa shape index (κ1) is 19.4. The van der Waals surface area contributed by atoms with Crippen LogP contribution in [0, 0.1) is 13.8 Å². The van der Waals surface area contributed by atoms with Crippen LogP contribution in [0.3, 0.4) is 0 Å². The van der Waals surface area contributed by atoms with Crippen molar-refractivity contribution in [2.45, 2.75) is 26.8 Å². The fraction of sp³-hybridized carbons (Fsp3) is 0.350. The Balaban J connectivity index is 2.05. The molecule has 0 saturated carbocycles. The molecule has 0 aliphatic rings. The number of para-hydroxylation sites is 1. The van der Waals surface area contributed by atoms with Crippen molar-refractivity contribution in [1.29, 1.82) is 0 Å². The molecular weight excluding hydrogens is 332 g/mol. The van der Waals surface area contributed by atoms with Gasteiger partial charge >= 0.3 is 5.97 Å². The maximum Gasteiger partial charge on any atom is 0.307 e. The summed E-state index contributed by atoms with van der Waals surface area (Å²) in [4.78, 5) is 29.9. The molecule has 0 N–H and O–H groups in total. The van der Waals surface area contributed by atoms with E-state index in [2.05, 4.69) is 9.72 Å². The van der Waals surface area contributed by atoms with E-state index >= 15 is 0 Å². The van der Waals surface area contributed by atoms with Crippen LogP contribution in [0.25, 0.3) is 0 Å². The largest absolute Gasteiger partial charge is 0.483 e. The van der Waals surface area contributed by atoms with E-state index in [0.717, 1.165) is 16.8 Å². The third-order valence-corrected chi connectivity index (χ3v) is 3.99. The molecule has 0 saturated heterocycles. The second-order valence-corrected chi connectivity index (χ2v) is 5.97. The van der Waals surface area contributed by atoms with Crippen LogP contribution in [-0.4, -0.2) is 42.0 Å². The van der Waals surface area contributed by atoms with E-state index in [1.807, 2.05) is 50.2 Å². The highest BCUT2D eigenvalue weighted by molar-refractivity contribution is 5.78. The molecule has 1 heterocycles. The Morgan fingerprint density at radius 2 is 1.81 bits per heavy atom. The number of aryl methyl sites for hydroxylation is 2. The molecule has 0 aliphatic heterocycles. The summed E-state index contributed by atoms with van der Waals surface area (Å²) in [5.41, 5.74) is 2.70. The van der Waals surface area contributed by atoms with E-state index in [0.29, 0.717) is 12.3 Å². The average molecular weight is 356 g/mol. The molecule has 0 radical (unpaired) electrons. The molecule has 138 valence electrons. The zero-order valence-electron chi connectivity index (χ0n) is 15.4. The zero-order chi connectivity index (χ0) is 18.9. The van der Waals surface area contributed by atoms with Crippen LogP contribution in [0.15, 0.2) is 42.6 Å². The molecular formula is C20H24N2O4. The Hall–Kier alpha value is -2.89. The summed E-state index contributed by atoms with van der Waals surface area (Å²) in [7, 11) is 1.33. The number of carbonyl (C=O) groups excluding carboxylic acids is 2. The Morgan fingerprint density at radius 3 is 2.42 bits per heavy atom. The van der Waals surface area contributed by atoms with Crippen LogP contribution >= 0.6 is 0 Å². The molecule has 1 amide bonds. The van der Waals surface area contributed by atoms with E-state index < -0.39 is 0 Å². The quantitative estimate of drug-likeness (QED) is 0.680. The maximum atomic E-state index is 12.7. The molecule has 6 heteroatoms. The number of esters is 1. The van der Waals surface area contributed by atoms with Crippen LogP contribution in [-0.2, 0) is 20.9 Å². The van der Waals surface area contributed by atoms with E-state index in [9.17, 15) is 9.59 Å². The molecule has 1 aromatic heterocycles. The SMILES string of the molecule is COC(=O)CCN(Cc1ccccn1)C(=O)COc1c(C)cccc1C. The number of benzene rings is 1. The van der Waals surface area contributed by atoms with Gasteiger partial charge in [-0.15, -0.1) is 0 Å². The van der Waals surface area contributed by atoms with Crippen molar-refractivity contribution in [2.75, 3.05) is 20.3 Å². The van der Waals surface area contributed by atoms with Crippen LogP contribution in [0.1, 0.15) is 23.2 Å². The first-order valence-electron chi connectivity index (χ1n) is 8.44. The second kappa shape index (κ2) is 9.56. The lowest BCUT2D eigenvalue weighted by atomic mass is 10.1. The van der Waals surface area contributed by atoms with Gasteiger partial charge in [0.05, 0.1) is 25.8 Å². The van der Waals surface area contributed by atoms with Gasteiger partial charge in [0.15, 0.2) is 6.61 Å². The zero-order valence-corrected chi connectivity index (χ0v) is 15.4. The minimum atomic E-state index is -0.362. The highest BCUT2D eigenvalue weighted by Crippen LogP contribution is 2.22. The normalized spacial score (nSPS) is 10.3. The highest BCUT2D eigenvalue weighted by Gasteiger charge is 2.18. The summed E-state index contributed by atoms with van der Waals surface area (Å²) >= 11 is 0. The minimum absolute atomic E-state index is 0.0975. The number of amides is 1. The summed E-state index contributed by atoms with van der Waals surface area (Å²) < 4.78 is 10.4. The molecule has 1 aromatic carbocycles. The van der Waals surface area contributed by atoms with Gasteiger partial charge in [0.2, 0.25) is 0 Å². The third-order valence-electron chi connectivity index (χ3n) is 3.99. The Morgan fingerprint density at radius 1 is 1.08 bits per heavy atom. The highest BCUT2D eigenvalue weighted by atomic mass is 16.5. The lowest BCUT2D eigenvalue weighted by molar-refractivity contribution is -0.142. The van der Waals surface area contributed by atoms with Crippen LogP contribution in [0.4, 0.5) is 0 Å². The van der Waals surface area contributed by atoms with E-state index in [-0.39, 0.29) is 31.4 Å². The fourth-order valence-electron chi connectivity index (χ4n) is 2.56. The van der Waals surface area contributed by atoms with Gasteiger partial charge < -0.3 is 14.4 Å². The molecule has 6 nitrogen and oxygen atoms in total. The van der Waals surface area contributed by atoms with E-state index in [4.69, 9.17) is 4.74 Å². The summed E-state index contributed by atoms with van der Waals surface area (Å²) in [6.45, 7) is 4.34. The van der Waals surface area contributed by atoms with Crippen molar-refractivity contribution in [3.8, 4) is 5.75 Å². The Kier molecular flexibility index (Phi) is 7.14. The smallest absolute Gasteiger partial charge is 0.307 e. The number of hydrogen-bond acceptors (Lipinski definition) is 5. The van der Waals surface area contributed by atoms with Gasteiger partial charge in [0.1, 0.15) is 5.75 Å². The minimum Gasteiger partial charge on any atom is -0.483 e. The van der Waals surface area contributed by atoms with Gasteiger partial charge in [-0.25, -0.2) is 0 Å². The number of rotatable bonds is 8. The topological polar surface area (TPSA) is 68.7 Å². The van der Waals surface area contributed by atoms with Gasteiger partial charge in [-0.1, -0.05) is 24.3 Å². The van der Waals surface area contributed by atoms with Crippen molar-refractivity contribution in [1.82, 2.24) is 9.88 Å². The molecule has 0 fully saturated rings. The van der Waals surface area contributed by atoms with Crippen LogP contribution in [0.2, 0.25) is 0 Å². The molecule has 0 aliphatic carbocycles. The summed E-state index contributed by atoms with van der Waals surface area (Å²) in [5.74, 6) is 0.147. The van der Waals surface area contributed by atoms with Gasteiger partial charge in [0, 0.05) is 12.7 Å². The predicted molar refractivity (Wildman–Crippen MR) is 97.7 cm³/mol. The van der Waals surface area contributed by atoms with E-state index in [1.54, 1.807) is 11.1 Å². The predicted octanol–water partition coefficient (Wildman–Crippen LogP) is 2.67. The first-order chi connectivity index (χ1) is 12.5. The van der Waals surface area contributed by atoms with Crippen molar-refractivity contribution < 1.29 is 19.1 Å². The first-order valence-corrected chi connectivity index (χ1v) is 8.44. The molecule has 26 heavy (non-hydrogen) atoms. The Bertz CT molecular complexity index is 726. The standard InChI is InChI=1S/C20H24N2O4/c1-15-7-6-8-16(2)20(15)26-14-18(23)22(12-10-19(24)25-3)13-17-9-4-5-11-21-17/h4-9,11H,10,12-14H2,1-3H3. The number of ether oxygens (including phenoxy) is 2. The summed E-state index contributed by atoms with van der Waals surface area (Å²) in [5, 5.41) is 0. The Labute approximate surface area is 153 Å². The van der Waals surface area contributed by atoms with Crippen LogP contribution < -0.4 is 4.74 Å². The number of methoxy groups -OCH3 is 1. The number of nitrogens with zero attached hydrogens (tertiary/aromatic N) is 2. The molecule has 0 bridgehead atoms. The van der Waals surface area contributed by atoms with Gasteiger partial charge in [-0.05, 0) is 37.1 Å². The second-order valence-electron chi connectivity index (χ2n) is 5.97. The van der Waals surface area contributed by atoms with Crippen molar-refractivity contribution in [2.24, 2.45) is 0 Å². The summed E-state index contributed by atoms with van der Waals surface area (Å²) in [6, 6.07) is 11.3. The lowest BCUT2D eigenvalue weighted by Gasteiger charge is -2.22. The summed E-state index contributed by atoms with van der Waals surface area (Å²) in [6.07, 6.45) is 1.80. The molecule has 0 unspecified atom stereocenters. The molecule has 2 rings (SSSR count). The molecule has 2 aromatic rings. The number of aromatic nitrogens is 1. The van der Waals surface area contributed by atoms with Gasteiger partial charge in [0.25, 0.3) is 5.91 Å². The van der Waals surface area contributed by atoms with E-state index in [1.165, 1.54) is 7.11 Å².